The highest BCUT2D eigenvalue weighted by Gasteiger charge is 2.65. The summed E-state index contributed by atoms with van der Waals surface area (Å²) in [4.78, 5) is 27.0. The SMILES string of the molecule is CC(C)[Si]1(C(C)C)OCC2O[C@@H](n3ccc(=O)[nH]c3=O)[C@](O)(C#C[Si](C)(C)C)[C@@H]2O[Si](C(C)C)(C(C)C)O1. The number of rotatable bonds is 5. The summed E-state index contributed by atoms with van der Waals surface area (Å²) in [5, 5.41) is 12.4. The van der Waals surface area contributed by atoms with Crippen molar-refractivity contribution < 1.29 is 22.8 Å². The lowest BCUT2D eigenvalue weighted by molar-refractivity contribution is -0.0750. The molecule has 1 unspecified atom stereocenters. The molecule has 0 bridgehead atoms. The molecule has 3 heterocycles. The summed E-state index contributed by atoms with van der Waals surface area (Å²) in [6, 6.07) is 1.23. The number of H-pyrrole nitrogens is 1. The molecule has 12 heteroatoms. The number of ether oxygens (including phenoxy) is 1. The minimum absolute atomic E-state index is 0.0401. The highest BCUT2D eigenvalue weighted by atomic mass is 28.5. The third kappa shape index (κ3) is 5.62. The molecule has 0 spiro atoms. The van der Waals surface area contributed by atoms with Crippen LogP contribution in [0.15, 0.2) is 21.9 Å². The molecule has 1 aromatic heterocycles. The molecule has 0 amide bonds. The van der Waals surface area contributed by atoms with Crippen molar-refractivity contribution in [3.63, 3.8) is 0 Å². The first-order chi connectivity index (χ1) is 17.4. The van der Waals surface area contributed by atoms with Crippen LogP contribution in [0.5, 0.6) is 0 Å². The van der Waals surface area contributed by atoms with E-state index in [9.17, 15) is 14.7 Å². The van der Waals surface area contributed by atoms with Crippen molar-refractivity contribution in [1.29, 1.82) is 0 Å². The lowest BCUT2D eigenvalue weighted by Crippen LogP contribution is -2.67. The van der Waals surface area contributed by atoms with Crippen LogP contribution < -0.4 is 11.2 Å². The molecule has 1 aromatic rings. The summed E-state index contributed by atoms with van der Waals surface area (Å²) in [6.07, 6.45) is -1.48. The normalized spacial score (nSPS) is 29.2. The van der Waals surface area contributed by atoms with Gasteiger partial charge < -0.3 is 22.8 Å². The second-order valence-corrected chi connectivity index (χ2v) is 26.5. The summed E-state index contributed by atoms with van der Waals surface area (Å²) < 4.78 is 28.8. The molecule has 2 saturated heterocycles. The number of aromatic amines is 1. The first-order valence-electron chi connectivity index (χ1n) is 13.6. The molecule has 2 aliphatic rings. The van der Waals surface area contributed by atoms with Crippen molar-refractivity contribution in [3.05, 3.63) is 33.1 Å². The molecule has 38 heavy (non-hydrogen) atoms. The molecule has 9 nitrogen and oxygen atoms in total. The van der Waals surface area contributed by atoms with E-state index in [0.717, 1.165) is 0 Å². The van der Waals surface area contributed by atoms with Crippen LogP contribution in [0.2, 0.25) is 41.8 Å². The second kappa shape index (κ2) is 10.9. The highest BCUT2D eigenvalue weighted by Crippen LogP contribution is 2.50. The minimum atomic E-state index is -3.09. The van der Waals surface area contributed by atoms with E-state index in [-0.39, 0.29) is 28.8 Å². The van der Waals surface area contributed by atoms with Crippen molar-refractivity contribution in [3.8, 4) is 11.5 Å². The largest absolute Gasteiger partial charge is 0.414 e. The van der Waals surface area contributed by atoms with Crippen molar-refractivity contribution in [1.82, 2.24) is 9.55 Å². The Bertz CT molecular complexity index is 1160. The molecule has 0 radical (unpaired) electrons. The van der Waals surface area contributed by atoms with Crippen molar-refractivity contribution in [2.75, 3.05) is 6.61 Å². The fourth-order valence-electron chi connectivity index (χ4n) is 5.49. The van der Waals surface area contributed by atoms with E-state index in [0.29, 0.717) is 0 Å². The smallest absolute Gasteiger partial charge is 0.335 e. The van der Waals surface area contributed by atoms with Crippen LogP contribution in [-0.2, 0) is 17.7 Å². The van der Waals surface area contributed by atoms with Gasteiger partial charge in [-0.2, -0.15) is 0 Å². The van der Waals surface area contributed by atoms with E-state index in [1.807, 2.05) is 0 Å². The van der Waals surface area contributed by atoms with Crippen LogP contribution in [0, 0.1) is 11.5 Å². The van der Waals surface area contributed by atoms with Gasteiger partial charge in [-0.1, -0.05) is 81.0 Å². The topological polar surface area (TPSA) is 112 Å². The summed E-state index contributed by atoms with van der Waals surface area (Å²) in [5.74, 6) is 3.11. The van der Waals surface area contributed by atoms with Gasteiger partial charge in [-0.25, -0.2) is 4.79 Å². The monoisotopic (exact) mass is 582 g/mol. The standard InChI is InChI=1S/C26H46N2O7Si3/c1-17(2)37(18(3)4)32-16-21-23(34-38(35-37,19(5)6)20(7)8)26(31,13-15-36(9,10)11)24(33-21)28-14-12-22(29)27-25(28)30/h12,14,17-21,23-24,31H,16H2,1-11H3,(H,27,29,30)/t21?,23-,24-,26+/m1/s1. The summed E-state index contributed by atoms with van der Waals surface area (Å²) in [5.41, 5.74) is 0.560. The third-order valence-corrected chi connectivity index (χ3v) is 18.6. The van der Waals surface area contributed by atoms with Gasteiger partial charge in [0.2, 0.25) is 0 Å². The number of hydrogen-bond acceptors (Lipinski definition) is 7. The van der Waals surface area contributed by atoms with E-state index < -0.39 is 60.5 Å². The van der Waals surface area contributed by atoms with Gasteiger partial charge >= 0.3 is 22.8 Å². The molecule has 214 valence electrons. The molecule has 0 aromatic carbocycles. The van der Waals surface area contributed by atoms with Gasteiger partial charge in [0.25, 0.3) is 5.56 Å². The lowest BCUT2D eigenvalue weighted by Gasteiger charge is -2.51. The van der Waals surface area contributed by atoms with Gasteiger partial charge in [0.1, 0.15) is 20.3 Å². The fraction of sp³-hybridized carbons (Fsp3) is 0.769. The van der Waals surface area contributed by atoms with Crippen molar-refractivity contribution in [2.45, 2.75) is 121 Å². The van der Waals surface area contributed by atoms with Gasteiger partial charge in [0.15, 0.2) is 11.8 Å². The molecule has 2 N–H and O–H groups in total. The van der Waals surface area contributed by atoms with Gasteiger partial charge in [-0.05, 0) is 22.2 Å². The third-order valence-electron chi connectivity index (χ3n) is 7.52. The Hall–Kier alpha value is -1.31. The number of aromatic nitrogens is 2. The Morgan fingerprint density at radius 2 is 1.58 bits per heavy atom. The molecular formula is C26H46N2O7Si3. The Morgan fingerprint density at radius 3 is 2.05 bits per heavy atom. The maximum Gasteiger partial charge on any atom is 0.335 e. The van der Waals surface area contributed by atoms with Crippen molar-refractivity contribution >= 4 is 25.2 Å². The second-order valence-electron chi connectivity index (χ2n) is 12.9. The number of aliphatic hydroxyl groups is 1. The molecular weight excluding hydrogens is 537 g/mol. The number of hydrogen-bond donors (Lipinski definition) is 2. The van der Waals surface area contributed by atoms with Crippen LogP contribution in [0.25, 0.3) is 0 Å². The average Bonchev–Trinajstić information content (AvgIpc) is 3.02. The molecule has 0 aliphatic carbocycles. The first kappa shape index (κ1) is 31.2. The van der Waals surface area contributed by atoms with E-state index >= 15 is 0 Å². The van der Waals surface area contributed by atoms with Crippen LogP contribution in [-0.4, -0.2) is 64.3 Å². The van der Waals surface area contributed by atoms with Crippen LogP contribution in [0.4, 0.5) is 0 Å². The quantitative estimate of drug-likeness (QED) is 0.399. The van der Waals surface area contributed by atoms with Gasteiger partial charge in [-0.3, -0.25) is 14.3 Å². The zero-order chi connectivity index (χ0) is 28.8. The Balaban J connectivity index is 2.28. The zero-order valence-electron chi connectivity index (χ0n) is 24.7. The maximum absolute atomic E-state index is 12.9. The average molecular weight is 583 g/mol. The fourth-order valence-corrected chi connectivity index (χ4v) is 17.3. The number of nitrogens with one attached hydrogen (secondary N) is 1. The lowest BCUT2D eigenvalue weighted by atomic mass is 9.95. The highest BCUT2D eigenvalue weighted by molar-refractivity contribution is 6.84. The predicted octanol–water partition coefficient (Wildman–Crippen LogP) is 4.00. The molecule has 0 saturated carbocycles. The minimum Gasteiger partial charge on any atom is -0.414 e. The maximum atomic E-state index is 12.9. The van der Waals surface area contributed by atoms with Crippen LogP contribution in [0.1, 0.15) is 61.6 Å². The van der Waals surface area contributed by atoms with E-state index in [1.54, 1.807) is 0 Å². The predicted molar refractivity (Wildman–Crippen MR) is 155 cm³/mol. The van der Waals surface area contributed by atoms with Crippen molar-refractivity contribution in [2.24, 2.45) is 0 Å². The van der Waals surface area contributed by atoms with E-state index in [2.05, 4.69) is 91.5 Å². The van der Waals surface area contributed by atoms with E-state index in [1.165, 1.54) is 16.8 Å². The van der Waals surface area contributed by atoms with Crippen LogP contribution in [0.3, 0.4) is 0 Å². The number of fused-ring (bicyclic) bond motifs is 1. The Kier molecular flexibility index (Phi) is 8.98. The Labute approximate surface area is 229 Å². The zero-order valence-corrected chi connectivity index (χ0v) is 27.7. The molecule has 2 aliphatic heterocycles. The molecule has 4 atom stereocenters. The summed E-state index contributed by atoms with van der Waals surface area (Å²) in [7, 11) is -7.87. The Morgan fingerprint density at radius 1 is 1.03 bits per heavy atom. The van der Waals surface area contributed by atoms with E-state index in [4.69, 9.17) is 17.7 Å². The molecule has 2 fully saturated rings. The van der Waals surface area contributed by atoms with Gasteiger partial charge in [0.05, 0.1) is 6.61 Å². The number of nitrogens with zero attached hydrogens (tertiary/aromatic N) is 1. The van der Waals surface area contributed by atoms with Gasteiger partial charge in [0, 0.05) is 12.3 Å². The summed E-state index contributed by atoms with van der Waals surface area (Å²) >= 11 is 0. The van der Waals surface area contributed by atoms with Crippen LogP contribution >= 0.6 is 0 Å². The van der Waals surface area contributed by atoms with Gasteiger partial charge in [-0.15, -0.1) is 5.54 Å². The first-order valence-corrected chi connectivity index (χ1v) is 21.1. The molecule has 3 rings (SSSR count). The summed E-state index contributed by atoms with van der Waals surface area (Å²) in [6.45, 7) is 23.4.